The van der Waals surface area contributed by atoms with Gasteiger partial charge in [-0.25, -0.2) is 0 Å². The Bertz CT molecular complexity index is 2920. The number of rotatable bonds is 7. The Morgan fingerprint density at radius 3 is 1.74 bits per heavy atom. The highest BCUT2D eigenvalue weighted by Crippen LogP contribution is 2.49. The molecule has 0 saturated heterocycles. The van der Waals surface area contributed by atoms with Crippen molar-refractivity contribution in [1.29, 1.82) is 0 Å². The monoisotopic (exact) mass is 705 g/mol. The first-order chi connectivity index (χ1) is 26.8. The predicted octanol–water partition coefficient (Wildman–Crippen LogP) is 15.3. The lowest BCUT2D eigenvalue weighted by atomic mass is 9.90. The van der Waals surface area contributed by atoms with Crippen molar-refractivity contribution in [2.45, 2.75) is 0 Å². The summed E-state index contributed by atoms with van der Waals surface area (Å²) in [5.74, 6) is 0. The summed E-state index contributed by atoms with van der Waals surface area (Å²) in [5.41, 5.74) is 12.8. The van der Waals surface area contributed by atoms with Crippen LogP contribution >= 0.6 is 11.3 Å². The zero-order valence-corrected chi connectivity index (χ0v) is 30.4. The van der Waals surface area contributed by atoms with Crippen molar-refractivity contribution in [1.82, 2.24) is 0 Å². The maximum absolute atomic E-state index is 2.46. The van der Waals surface area contributed by atoms with E-state index < -0.39 is 0 Å². The van der Waals surface area contributed by atoms with Gasteiger partial charge in [-0.1, -0.05) is 164 Å². The Balaban J connectivity index is 1.26. The molecule has 1 aromatic heterocycles. The van der Waals surface area contributed by atoms with Crippen LogP contribution in [-0.2, 0) is 0 Å². The van der Waals surface area contributed by atoms with E-state index in [4.69, 9.17) is 0 Å². The second-order valence-electron chi connectivity index (χ2n) is 13.7. The van der Waals surface area contributed by atoms with Crippen LogP contribution in [-0.4, -0.2) is 0 Å². The Morgan fingerprint density at radius 1 is 0.315 bits per heavy atom. The molecule has 0 radical (unpaired) electrons. The van der Waals surface area contributed by atoms with Crippen LogP contribution in [0.3, 0.4) is 0 Å². The first kappa shape index (κ1) is 32.0. The zero-order chi connectivity index (χ0) is 35.8. The van der Waals surface area contributed by atoms with E-state index in [2.05, 4.69) is 217 Å². The summed E-state index contributed by atoms with van der Waals surface area (Å²) < 4.78 is 2.62. The highest BCUT2D eigenvalue weighted by molar-refractivity contribution is 7.25. The summed E-state index contributed by atoms with van der Waals surface area (Å²) in [5, 5.41) is 5.05. The molecule has 0 aliphatic carbocycles. The third kappa shape index (κ3) is 5.74. The van der Waals surface area contributed by atoms with E-state index in [9.17, 15) is 0 Å². The SMILES string of the molecule is c1ccc(-c2ccc(N(c3ccccc3-c3ccccc3)c3cccc(-c4ccc5sc6ccccc6c5c4)c3-c3ccc4ccccc4c3)cc2)cc1. The van der Waals surface area contributed by atoms with Gasteiger partial charge in [0.15, 0.2) is 0 Å². The number of nitrogens with zero attached hydrogens (tertiary/aromatic N) is 1. The molecule has 0 N–H and O–H groups in total. The number of fused-ring (bicyclic) bond motifs is 4. The third-order valence-corrected chi connectivity index (χ3v) is 11.6. The number of hydrogen-bond donors (Lipinski definition) is 0. The van der Waals surface area contributed by atoms with Gasteiger partial charge < -0.3 is 4.90 Å². The molecular weight excluding hydrogens is 671 g/mol. The largest absolute Gasteiger partial charge is 0.309 e. The van der Waals surface area contributed by atoms with Gasteiger partial charge in [0.1, 0.15) is 0 Å². The van der Waals surface area contributed by atoms with Crippen LogP contribution in [0.1, 0.15) is 0 Å². The smallest absolute Gasteiger partial charge is 0.0546 e. The van der Waals surface area contributed by atoms with Gasteiger partial charge in [0.2, 0.25) is 0 Å². The molecule has 0 amide bonds. The molecule has 54 heavy (non-hydrogen) atoms. The number of benzene rings is 9. The average molecular weight is 706 g/mol. The lowest BCUT2D eigenvalue weighted by Crippen LogP contribution is -2.13. The van der Waals surface area contributed by atoms with E-state index >= 15 is 0 Å². The van der Waals surface area contributed by atoms with Gasteiger partial charge in [-0.05, 0) is 92.7 Å². The molecule has 0 aliphatic rings. The Morgan fingerprint density at radius 2 is 0.907 bits per heavy atom. The lowest BCUT2D eigenvalue weighted by molar-refractivity contribution is 1.28. The summed E-state index contributed by atoms with van der Waals surface area (Å²) in [7, 11) is 0. The van der Waals surface area contributed by atoms with Crippen LogP contribution in [0.25, 0.3) is 75.5 Å². The maximum atomic E-state index is 2.46. The van der Waals surface area contributed by atoms with Crippen LogP contribution < -0.4 is 4.90 Å². The molecule has 10 rings (SSSR count). The van der Waals surface area contributed by atoms with Crippen molar-refractivity contribution in [3.63, 3.8) is 0 Å². The molecule has 0 aliphatic heterocycles. The van der Waals surface area contributed by atoms with Crippen LogP contribution in [0, 0.1) is 0 Å². The number of anilines is 3. The van der Waals surface area contributed by atoms with Crippen molar-refractivity contribution in [2.75, 3.05) is 4.90 Å². The summed E-state index contributed by atoms with van der Waals surface area (Å²) >= 11 is 1.86. The van der Waals surface area contributed by atoms with Crippen molar-refractivity contribution in [2.24, 2.45) is 0 Å². The van der Waals surface area contributed by atoms with Gasteiger partial charge in [0, 0.05) is 37.0 Å². The van der Waals surface area contributed by atoms with Gasteiger partial charge in [-0.3, -0.25) is 0 Å². The van der Waals surface area contributed by atoms with Gasteiger partial charge >= 0.3 is 0 Å². The van der Waals surface area contributed by atoms with Crippen LogP contribution in [0.4, 0.5) is 17.1 Å². The van der Waals surface area contributed by atoms with Crippen molar-refractivity contribution >= 4 is 59.3 Å². The molecule has 0 saturated carbocycles. The summed E-state index contributed by atoms with van der Waals surface area (Å²) in [6.07, 6.45) is 0. The fourth-order valence-electron chi connectivity index (χ4n) is 7.88. The maximum Gasteiger partial charge on any atom is 0.0546 e. The normalized spacial score (nSPS) is 11.3. The molecule has 10 aromatic rings. The fraction of sp³-hybridized carbons (Fsp3) is 0. The Labute approximate surface area is 319 Å². The van der Waals surface area contributed by atoms with E-state index in [0.717, 1.165) is 17.1 Å². The first-order valence-corrected chi connectivity index (χ1v) is 19.2. The Hall–Kier alpha value is -6.74. The Kier molecular flexibility index (Phi) is 8.09. The van der Waals surface area contributed by atoms with Gasteiger partial charge in [0.25, 0.3) is 0 Å². The van der Waals surface area contributed by atoms with Crippen molar-refractivity contribution < 1.29 is 0 Å². The molecule has 1 heterocycles. The molecule has 0 spiro atoms. The van der Waals surface area contributed by atoms with E-state index in [1.165, 1.54) is 75.5 Å². The minimum absolute atomic E-state index is 1.09. The highest BCUT2D eigenvalue weighted by Gasteiger charge is 2.23. The second-order valence-corrected chi connectivity index (χ2v) is 14.8. The van der Waals surface area contributed by atoms with Crippen molar-refractivity contribution in [3.8, 4) is 44.5 Å². The van der Waals surface area contributed by atoms with Crippen molar-refractivity contribution in [3.05, 3.63) is 212 Å². The molecule has 0 bridgehead atoms. The van der Waals surface area contributed by atoms with Gasteiger partial charge in [-0.15, -0.1) is 11.3 Å². The van der Waals surface area contributed by atoms with Crippen LogP contribution in [0.15, 0.2) is 212 Å². The average Bonchev–Trinajstić information content (AvgIpc) is 3.63. The molecule has 0 fully saturated rings. The quantitative estimate of drug-likeness (QED) is 0.160. The molecule has 9 aromatic carbocycles. The third-order valence-electron chi connectivity index (χ3n) is 10.5. The molecule has 1 nitrogen and oxygen atoms in total. The molecule has 0 unspecified atom stereocenters. The van der Waals surface area contributed by atoms with Gasteiger partial charge in [0.05, 0.1) is 11.4 Å². The molecule has 254 valence electrons. The van der Waals surface area contributed by atoms with E-state index in [1.807, 2.05) is 11.3 Å². The minimum Gasteiger partial charge on any atom is -0.309 e. The highest BCUT2D eigenvalue weighted by atomic mass is 32.1. The van der Waals surface area contributed by atoms with E-state index in [-0.39, 0.29) is 0 Å². The molecule has 2 heteroatoms. The molecular formula is C52H35NS. The topological polar surface area (TPSA) is 3.24 Å². The molecule has 0 atom stereocenters. The standard InChI is InChI=1S/C52H35NS/c1-3-14-36(15-4-1)38-28-31-43(32-29-38)53(48-23-11-9-20-44(48)39-17-5-2-6-18-39)49-24-13-22-45(52(49)42-27-26-37-16-7-8-19-40(37)34-42)41-30-33-51-47(35-41)46-21-10-12-25-50(46)54-51/h1-35H. The van der Waals surface area contributed by atoms with E-state index in [1.54, 1.807) is 0 Å². The second kappa shape index (κ2) is 13.7. The summed E-state index contributed by atoms with van der Waals surface area (Å²) in [6.45, 7) is 0. The van der Waals surface area contributed by atoms with E-state index in [0.29, 0.717) is 0 Å². The number of thiophene rings is 1. The van der Waals surface area contributed by atoms with Gasteiger partial charge in [-0.2, -0.15) is 0 Å². The summed E-state index contributed by atoms with van der Waals surface area (Å²) in [4.78, 5) is 2.46. The fourth-order valence-corrected chi connectivity index (χ4v) is 8.97. The predicted molar refractivity (Wildman–Crippen MR) is 233 cm³/mol. The zero-order valence-electron chi connectivity index (χ0n) is 29.6. The van der Waals surface area contributed by atoms with Crippen LogP contribution in [0.5, 0.6) is 0 Å². The number of para-hydroxylation sites is 1. The summed E-state index contributed by atoms with van der Waals surface area (Å²) in [6, 6.07) is 77.3. The van der Waals surface area contributed by atoms with Crippen LogP contribution in [0.2, 0.25) is 0 Å². The number of hydrogen-bond acceptors (Lipinski definition) is 2. The first-order valence-electron chi connectivity index (χ1n) is 18.4. The minimum atomic E-state index is 1.09. The lowest BCUT2D eigenvalue weighted by Gasteiger charge is -2.31.